The molecule has 0 unspecified atom stereocenters. The van der Waals surface area contributed by atoms with Crippen molar-refractivity contribution in [3.8, 4) is 0 Å². The summed E-state index contributed by atoms with van der Waals surface area (Å²) < 4.78 is 46.5. The second-order valence-corrected chi connectivity index (χ2v) is 8.52. The van der Waals surface area contributed by atoms with Crippen LogP contribution in [-0.4, -0.2) is 52.4 Å². The summed E-state index contributed by atoms with van der Waals surface area (Å²) in [6, 6.07) is 5.73. The predicted molar refractivity (Wildman–Crippen MR) is 114 cm³/mol. The molecule has 9 heteroatoms. The van der Waals surface area contributed by atoms with Crippen LogP contribution in [0, 0.1) is 6.92 Å². The highest BCUT2D eigenvalue weighted by Crippen LogP contribution is 2.31. The quantitative estimate of drug-likeness (QED) is 0.695. The second kappa shape index (κ2) is 8.97. The highest BCUT2D eigenvalue weighted by atomic mass is 19.4. The first-order valence-corrected chi connectivity index (χ1v) is 10.7. The first-order chi connectivity index (χ1) is 15.2. The maximum Gasteiger partial charge on any atom is 0.416 e. The molecule has 2 aliphatic rings. The Hall–Kier alpha value is -2.81. The van der Waals surface area contributed by atoms with Crippen LogP contribution < -0.4 is 0 Å². The van der Waals surface area contributed by atoms with Crippen LogP contribution in [0.3, 0.4) is 0 Å². The van der Waals surface area contributed by atoms with E-state index in [0.717, 1.165) is 49.5 Å². The van der Waals surface area contributed by atoms with Gasteiger partial charge in [0, 0.05) is 26.2 Å². The van der Waals surface area contributed by atoms with Gasteiger partial charge in [0.05, 0.1) is 23.5 Å². The lowest BCUT2D eigenvalue weighted by Crippen LogP contribution is -2.31. The van der Waals surface area contributed by atoms with E-state index < -0.39 is 17.8 Å². The smallest absolute Gasteiger partial charge is 0.416 e. The molecule has 2 aromatic rings. The molecular weight excluding hydrogens is 421 g/mol. The van der Waals surface area contributed by atoms with Crippen molar-refractivity contribution in [1.29, 1.82) is 0 Å². The molecule has 0 spiro atoms. The van der Waals surface area contributed by atoms with E-state index in [9.17, 15) is 18.0 Å². The summed E-state index contributed by atoms with van der Waals surface area (Å²) >= 11 is 0. The van der Waals surface area contributed by atoms with E-state index in [-0.39, 0.29) is 6.61 Å². The normalized spacial score (nSPS) is 17.5. The Morgan fingerprint density at radius 1 is 1.16 bits per heavy atom. The summed E-state index contributed by atoms with van der Waals surface area (Å²) in [5.74, 6) is 0. The van der Waals surface area contributed by atoms with Gasteiger partial charge in [-0.15, -0.1) is 0 Å². The molecule has 3 heterocycles. The second-order valence-electron chi connectivity index (χ2n) is 8.52. The monoisotopic (exact) mass is 448 g/mol. The van der Waals surface area contributed by atoms with Crippen LogP contribution in [0.1, 0.15) is 40.9 Å². The topological polar surface area (TPSA) is 50.6 Å². The summed E-state index contributed by atoms with van der Waals surface area (Å²) in [5.41, 5.74) is 3.16. The Morgan fingerprint density at radius 3 is 2.69 bits per heavy atom. The molecule has 0 saturated heterocycles. The number of rotatable bonds is 3. The van der Waals surface area contributed by atoms with Crippen LogP contribution in [0.4, 0.5) is 18.0 Å². The van der Waals surface area contributed by atoms with Crippen molar-refractivity contribution in [2.75, 3.05) is 26.7 Å². The fourth-order valence-electron chi connectivity index (χ4n) is 4.12. The van der Waals surface area contributed by atoms with E-state index in [4.69, 9.17) is 9.84 Å². The molecule has 0 radical (unpaired) electrons. The number of carbonyl (C=O) groups excluding carboxylic acids is 1. The number of ether oxygens (including phenoxy) is 1. The summed E-state index contributed by atoms with van der Waals surface area (Å²) in [6.45, 7) is 4.85. The van der Waals surface area contributed by atoms with Gasteiger partial charge in [-0.3, -0.25) is 4.68 Å². The highest BCUT2D eigenvalue weighted by Gasteiger charge is 2.31. The Balaban J connectivity index is 1.42. The Labute approximate surface area is 185 Å². The first kappa shape index (κ1) is 22.4. The summed E-state index contributed by atoms with van der Waals surface area (Å²) in [4.78, 5) is 16.5. The van der Waals surface area contributed by atoms with Gasteiger partial charge in [-0.1, -0.05) is 17.7 Å². The van der Waals surface area contributed by atoms with Gasteiger partial charge in [-0.2, -0.15) is 18.3 Å². The fraction of sp³-hybridized carbons (Fsp3) is 0.478. The maximum atomic E-state index is 13.0. The minimum Gasteiger partial charge on any atom is -0.445 e. The SMILES string of the molecule is Cc1cc(COC(=O)N2CCCn3nc(C4=CCN(C)CC4)cc3C2)cc(C(F)(F)F)c1. The minimum absolute atomic E-state index is 0.203. The van der Waals surface area contributed by atoms with Gasteiger partial charge in [-0.25, -0.2) is 4.79 Å². The van der Waals surface area contributed by atoms with Crippen LogP contribution >= 0.6 is 0 Å². The number of fused-ring (bicyclic) bond motifs is 1. The van der Waals surface area contributed by atoms with Crippen molar-refractivity contribution in [3.05, 3.63) is 58.4 Å². The molecule has 32 heavy (non-hydrogen) atoms. The van der Waals surface area contributed by atoms with E-state index >= 15 is 0 Å². The predicted octanol–water partition coefficient (Wildman–Crippen LogP) is 4.47. The van der Waals surface area contributed by atoms with Gasteiger partial charge in [0.15, 0.2) is 0 Å². The average molecular weight is 448 g/mol. The number of aromatic nitrogens is 2. The van der Waals surface area contributed by atoms with Crippen molar-refractivity contribution >= 4 is 11.7 Å². The van der Waals surface area contributed by atoms with Gasteiger partial charge in [-0.05, 0) is 56.1 Å². The lowest BCUT2D eigenvalue weighted by molar-refractivity contribution is -0.137. The summed E-state index contributed by atoms with van der Waals surface area (Å²) in [7, 11) is 2.08. The van der Waals surface area contributed by atoms with Gasteiger partial charge >= 0.3 is 12.3 Å². The van der Waals surface area contributed by atoms with Crippen LogP contribution in [0.2, 0.25) is 0 Å². The third-order valence-corrected chi connectivity index (χ3v) is 5.84. The van der Waals surface area contributed by atoms with Crippen LogP contribution in [0.25, 0.3) is 5.57 Å². The van der Waals surface area contributed by atoms with Gasteiger partial charge in [0.25, 0.3) is 0 Å². The maximum absolute atomic E-state index is 13.0. The van der Waals surface area contributed by atoms with Crippen LogP contribution in [0.5, 0.6) is 0 Å². The zero-order valence-electron chi connectivity index (χ0n) is 18.3. The molecule has 0 N–H and O–H groups in total. The molecule has 0 fully saturated rings. The zero-order chi connectivity index (χ0) is 22.9. The van der Waals surface area contributed by atoms with E-state index in [2.05, 4.69) is 18.0 Å². The standard InChI is InChI=1S/C23H27F3N4O2/c1-16-10-17(12-19(11-16)23(24,25)26)15-32-22(31)29-6-3-7-30-20(14-29)13-21(27-30)18-4-8-28(2)9-5-18/h4,10-13H,3,5-9,14-15H2,1-2H3. The fourth-order valence-corrected chi connectivity index (χ4v) is 4.12. The zero-order valence-corrected chi connectivity index (χ0v) is 18.3. The van der Waals surface area contributed by atoms with Crippen LogP contribution in [0.15, 0.2) is 30.3 Å². The number of carbonyl (C=O) groups is 1. The molecule has 2 aliphatic heterocycles. The summed E-state index contributed by atoms with van der Waals surface area (Å²) in [5, 5.41) is 4.73. The molecule has 172 valence electrons. The van der Waals surface area contributed by atoms with Crippen molar-refractivity contribution in [3.63, 3.8) is 0 Å². The third kappa shape index (κ3) is 5.15. The number of benzene rings is 1. The van der Waals surface area contributed by atoms with Crippen molar-refractivity contribution < 1.29 is 22.7 Å². The number of amides is 1. The molecule has 0 atom stereocenters. The van der Waals surface area contributed by atoms with Gasteiger partial charge < -0.3 is 14.5 Å². The molecule has 1 aromatic heterocycles. The van der Waals surface area contributed by atoms with Crippen molar-refractivity contribution in [2.24, 2.45) is 0 Å². The number of nitrogens with zero attached hydrogens (tertiary/aromatic N) is 4. The van der Waals surface area contributed by atoms with E-state index in [1.807, 2.05) is 10.7 Å². The number of alkyl halides is 3. The summed E-state index contributed by atoms with van der Waals surface area (Å²) in [6.07, 6.45) is -1.11. The highest BCUT2D eigenvalue weighted by molar-refractivity contribution is 5.68. The van der Waals surface area contributed by atoms with Crippen molar-refractivity contribution in [1.82, 2.24) is 19.6 Å². The van der Waals surface area contributed by atoms with Crippen LogP contribution in [-0.2, 0) is 30.6 Å². The molecule has 0 aliphatic carbocycles. The van der Waals surface area contributed by atoms with E-state index in [1.54, 1.807) is 17.9 Å². The average Bonchev–Trinajstić information content (AvgIpc) is 3.03. The number of hydrogen-bond acceptors (Lipinski definition) is 4. The molecular formula is C23H27F3N4O2. The number of hydrogen-bond donors (Lipinski definition) is 0. The molecule has 1 amide bonds. The van der Waals surface area contributed by atoms with E-state index in [1.165, 1.54) is 5.57 Å². The lowest BCUT2D eigenvalue weighted by Gasteiger charge is -2.21. The largest absolute Gasteiger partial charge is 0.445 e. The van der Waals surface area contributed by atoms with Gasteiger partial charge in [0.1, 0.15) is 6.61 Å². The number of likely N-dealkylation sites (N-methyl/N-ethyl adjacent to an activating group) is 1. The molecule has 0 saturated carbocycles. The Morgan fingerprint density at radius 2 is 1.97 bits per heavy atom. The minimum atomic E-state index is -4.44. The third-order valence-electron chi connectivity index (χ3n) is 5.84. The molecule has 4 rings (SSSR count). The number of halogens is 3. The molecule has 1 aromatic carbocycles. The van der Waals surface area contributed by atoms with Gasteiger partial charge in [0.2, 0.25) is 0 Å². The lowest BCUT2D eigenvalue weighted by atomic mass is 10.1. The van der Waals surface area contributed by atoms with Crippen molar-refractivity contribution in [2.45, 2.75) is 45.6 Å². The Kier molecular flexibility index (Phi) is 6.28. The van der Waals surface area contributed by atoms with E-state index in [0.29, 0.717) is 30.8 Å². The molecule has 0 bridgehead atoms. The Bertz CT molecular complexity index is 1030. The molecule has 6 nitrogen and oxygen atoms in total. The first-order valence-electron chi connectivity index (χ1n) is 10.7. The number of aryl methyl sites for hydroxylation is 2.